The summed E-state index contributed by atoms with van der Waals surface area (Å²) < 4.78 is 13.8. The highest BCUT2D eigenvalue weighted by Gasteiger charge is 2.14. The van der Waals surface area contributed by atoms with Gasteiger partial charge >= 0.3 is 5.97 Å². The number of carboxylic acid groups (broad SMARTS) is 1. The molecule has 1 N–H and O–H groups in total. The van der Waals surface area contributed by atoms with Crippen molar-refractivity contribution in [1.82, 2.24) is 0 Å². The number of carboxylic acids is 1. The van der Waals surface area contributed by atoms with E-state index in [1.54, 1.807) is 0 Å². The van der Waals surface area contributed by atoms with Gasteiger partial charge in [0.05, 0.1) is 5.56 Å². The number of halogens is 3. The van der Waals surface area contributed by atoms with Crippen LogP contribution in [0.5, 0.6) is 0 Å². The zero-order valence-corrected chi connectivity index (χ0v) is 10.2. The normalized spacial score (nSPS) is 10.2. The van der Waals surface area contributed by atoms with Crippen LogP contribution in [0.4, 0.5) is 4.39 Å². The summed E-state index contributed by atoms with van der Waals surface area (Å²) in [5, 5.41) is 9.37. The van der Waals surface area contributed by atoms with Crippen LogP contribution in [-0.2, 0) is 6.42 Å². The monoisotopic (exact) mass is 324 g/mol. The van der Waals surface area contributed by atoms with E-state index in [0.717, 1.165) is 0 Å². The van der Waals surface area contributed by atoms with Gasteiger partial charge in [-0.15, -0.1) is 0 Å². The summed E-state index contributed by atoms with van der Waals surface area (Å²) in [6.45, 7) is 0. The Labute approximate surface area is 97.4 Å². The largest absolute Gasteiger partial charge is 0.478 e. The Bertz CT molecular complexity index is 366. The van der Waals surface area contributed by atoms with Crippen molar-refractivity contribution in [2.45, 2.75) is 6.42 Å². The highest BCUT2D eigenvalue weighted by Crippen LogP contribution is 2.21. The maximum atomic E-state index is 13.3. The average Bonchev–Trinajstić information content (AvgIpc) is 2.09. The van der Waals surface area contributed by atoms with Gasteiger partial charge in [0, 0.05) is 15.4 Å². The Morgan fingerprint density at radius 3 is 2.64 bits per heavy atom. The molecule has 0 radical (unpaired) electrons. The first kappa shape index (κ1) is 11.7. The predicted molar refractivity (Wildman–Crippen MR) is 58.6 cm³/mol. The molecule has 0 fully saturated rings. The maximum Gasteiger partial charge on any atom is 0.336 e. The lowest BCUT2D eigenvalue weighted by molar-refractivity contribution is 0.0695. The van der Waals surface area contributed by atoms with Crippen molar-refractivity contribution in [1.29, 1.82) is 0 Å². The molecule has 0 aromatic heterocycles. The molecule has 14 heavy (non-hydrogen) atoms. The van der Waals surface area contributed by atoms with E-state index in [2.05, 4.69) is 31.9 Å². The molecule has 0 saturated carbocycles. The highest BCUT2D eigenvalue weighted by molar-refractivity contribution is 9.10. The summed E-state index contributed by atoms with van der Waals surface area (Å²) in [5.41, 5.74) is 0.244. The van der Waals surface area contributed by atoms with Gasteiger partial charge in [0.1, 0.15) is 5.82 Å². The van der Waals surface area contributed by atoms with Gasteiger partial charge in [-0.25, -0.2) is 9.18 Å². The fourth-order valence-electron chi connectivity index (χ4n) is 1.14. The molecular formula is C9H7Br2FO2. The van der Waals surface area contributed by atoms with Gasteiger partial charge < -0.3 is 5.11 Å². The topological polar surface area (TPSA) is 37.3 Å². The fraction of sp³-hybridized carbons (Fsp3) is 0.222. The van der Waals surface area contributed by atoms with Crippen LogP contribution in [0.1, 0.15) is 15.9 Å². The van der Waals surface area contributed by atoms with Crippen LogP contribution >= 0.6 is 31.9 Å². The molecule has 0 aliphatic rings. The molecule has 0 saturated heterocycles. The molecule has 0 heterocycles. The van der Waals surface area contributed by atoms with E-state index in [1.807, 2.05) is 0 Å². The number of aromatic carboxylic acids is 1. The minimum absolute atomic E-state index is 0.0105. The van der Waals surface area contributed by atoms with E-state index in [4.69, 9.17) is 5.11 Å². The summed E-state index contributed by atoms with van der Waals surface area (Å²) >= 11 is 6.20. The molecule has 0 spiro atoms. The Morgan fingerprint density at radius 2 is 2.14 bits per heavy atom. The number of carbonyl (C=O) groups is 1. The van der Waals surface area contributed by atoms with E-state index >= 15 is 0 Å². The van der Waals surface area contributed by atoms with E-state index in [1.165, 1.54) is 12.1 Å². The quantitative estimate of drug-likeness (QED) is 0.866. The van der Waals surface area contributed by atoms with E-state index in [0.29, 0.717) is 16.2 Å². The first-order valence-electron chi connectivity index (χ1n) is 3.83. The van der Waals surface area contributed by atoms with Gasteiger partial charge in [-0.3, -0.25) is 0 Å². The lowest BCUT2D eigenvalue weighted by atomic mass is 10.1. The first-order chi connectivity index (χ1) is 6.56. The van der Waals surface area contributed by atoms with Gasteiger partial charge in [-0.2, -0.15) is 0 Å². The summed E-state index contributed by atoms with van der Waals surface area (Å²) in [7, 11) is 0. The molecule has 1 aromatic rings. The summed E-state index contributed by atoms with van der Waals surface area (Å²) in [6, 6.07) is 2.67. The van der Waals surface area contributed by atoms with Crippen LogP contribution in [0.3, 0.4) is 0 Å². The van der Waals surface area contributed by atoms with Gasteiger partial charge in [0.25, 0.3) is 0 Å². The number of hydrogen-bond acceptors (Lipinski definition) is 1. The van der Waals surface area contributed by atoms with Crippen molar-refractivity contribution < 1.29 is 14.3 Å². The van der Waals surface area contributed by atoms with Crippen LogP contribution in [0.2, 0.25) is 0 Å². The lowest BCUT2D eigenvalue weighted by Gasteiger charge is -2.06. The Kier molecular flexibility index (Phi) is 4.07. The summed E-state index contributed by atoms with van der Waals surface area (Å²) in [6.07, 6.45) is 0.362. The smallest absolute Gasteiger partial charge is 0.336 e. The SMILES string of the molecule is O=C(O)c1cc(Br)cc(F)c1CCBr. The second kappa shape index (κ2) is 4.89. The Balaban J connectivity index is 3.28. The second-order valence-electron chi connectivity index (χ2n) is 2.66. The van der Waals surface area contributed by atoms with Crippen molar-refractivity contribution in [2.75, 3.05) is 5.33 Å². The van der Waals surface area contributed by atoms with Gasteiger partial charge in [-0.1, -0.05) is 31.9 Å². The first-order valence-corrected chi connectivity index (χ1v) is 5.75. The van der Waals surface area contributed by atoms with Crippen molar-refractivity contribution in [3.8, 4) is 0 Å². The predicted octanol–water partition coefficient (Wildman–Crippen LogP) is 3.22. The molecule has 0 bridgehead atoms. The number of hydrogen-bond donors (Lipinski definition) is 1. The molecular weight excluding hydrogens is 319 g/mol. The number of rotatable bonds is 3. The third kappa shape index (κ3) is 2.54. The zero-order valence-electron chi connectivity index (χ0n) is 7.06. The van der Waals surface area contributed by atoms with Crippen LogP contribution in [0, 0.1) is 5.82 Å². The summed E-state index contributed by atoms with van der Waals surface area (Å²) in [4.78, 5) is 10.8. The van der Waals surface area contributed by atoms with Gasteiger partial charge in [-0.05, 0) is 18.6 Å². The van der Waals surface area contributed by atoms with Gasteiger partial charge in [0.15, 0.2) is 0 Å². The molecule has 0 aliphatic heterocycles. The zero-order chi connectivity index (χ0) is 10.7. The van der Waals surface area contributed by atoms with E-state index < -0.39 is 11.8 Å². The molecule has 2 nitrogen and oxygen atoms in total. The van der Waals surface area contributed by atoms with Crippen molar-refractivity contribution in [3.63, 3.8) is 0 Å². The van der Waals surface area contributed by atoms with Gasteiger partial charge in [0.2, 0.25) is 0 Å². The summed E-state index contributed by atoms with van der Waals surface area (Å²) in [5.74, 6) is -1.60. The maximum absolute atomic E-state index is 13.3. The standard InChI is InChI=1S/C9H7Br2FO2/c10-2-1-6-7(9(13)14)3-5(11)4-8(6)12/h3-4H,1-2H2,(H,13,14). The number of benzene rings is 1. The van der Waals surface area contributed by atoms with E-state index in [-0.39, 0.29) is 11.1 Å². The number of alkyl halides is 1. The van der Waals surface area contributed by atoms with E-state index in [9.17, 15) is 9.18 Å². The van der Waals surface area contributed by atoms with Crippen molar-refractivity contribution >= 4 is 37.8 Å². The van der Waals surface area contributed by atoms with Crippen molar-refractivity contribution in [3.05, 3.63) is 33.5 Å². The Hall–Kier alpha value is -0.420. The average molecular weight is 326 g/mol. The van der Waals surface area contributed by atoms with Crippen LogP contribution in [-0.4, -0.2) is 16.4 Å². The van der Waals surface area contributed by atoms with Crippen LogP contribution in [0.15, 0.2) is 16.6 Å². The molecule has 76 valence electrons. The second-order valence-corrected chi connectivity index (χ2v) is 4.37. The Morgan fingerprint density at radius 1 is 1.50 bits per heavy atom. The molecule has 0 amide bonds. The van der Waals surface area contributed by atoms with Crippen molar-refractivity contribution in [2.24, 2.45) is 0 Å². The minimum Gasteiger partial charge on any atom is -0.478 e. The third-order valence-corrected chi connectivity index (χ3v) is 2.59. The molecule has 0 unspecified atom stereocenters. The van der Waals surface area contributed by atoms with Crippen LogP contribution in [0.25, 0.3) is 0 Å². The molecule has 5 heteroatoms. The molecule has 1 rings (SSSR count). The molecule has 0 atom stereocenters. The minimum atomic E-state index is -1.11. The van der Waals surface area contributed by atoms with Crippen LogP contribution < -0.4 is 0 Å². The molecule has 1 aromatic carbocycles. The lowest BCUT2D eigenvalue weighted by Crippen LogP contribution is -2.05. The highest BCUT2D eigenvalue weighted by atomic mass is 79.9. The molecule has 0 aliphatic carbocycles. The fourth-order valence-corrected chi connectivity index (χ4v) is 1.97. The third-order valence-electron chi connectivity index (χ3n) is 1.74.